The van der Waals surface area contributed by atoms with Crippen LogP contribution in [0.5, 0.6) is 0 Å². The van der Waals surface area contributed by atoms with Gasteiger partial charge in [0.05, 0.1) is 12.6 Å². The fourth-order valence-corrected chi connectivity index (χ4v) is 3.86. The van der Waals surface area contributed by atoms with Crippen LogP contribution in [0.15, 0.2) is 54.6 Å². The third-order valence-corrected chi connectivity index (χ3v) is 5.61. The Kier molecular flexibility index (Phi) is 8.45. The van der Waals surface area contributed by atoms with Crippen LogP contribution in [0, 0.1) is 6.92 Å². The van der Waals surface area contributed by atoms with Gasteiger partial charge in [-0.25, -0.2) is 0 Å². The van der Waals surface area contributed by atoms with Crippen LogP contribution >= 0.6 is 0 Å². The molecule has 0 bridgehead atoms. The van der Waals surface area contributed by atoms with E-state index in [1.807, 2.05) is 23.1 Å². The third kappa shape index (κ3) is 6.70. The monoisotopic (exact) mass is 407 g/mol. The minimum Gasteiger partial charge on any atom is -0.355 e. The Morgan fingerprint density at radius 2 is 1.73 bits per heavy atom. The van der Waals surface area contributed by atoms with Crippen LogP contribution in [0.2, 0.25) is 0 Å². The lowest BCUT2D eigenvalue weighted by atomic mass is 9.98. The van der Waals surface area contributed by atoms with Crippen LogP contribution in [0.3, 0.4) is 0 Å². The van der Waals surface area contributed by atoms with Crippen molar-refractivity contribution in [2.75, 3.05) is 26.2 Å². The zero-order valence-electron chi connectivity index (χ0n) is 17.9. The predicted octanol–water partition coefficient (Wildman–Crippen LogP) is 3.58. The molecule has 5 nitrogen and oxygen atoms in total. The Balaban J connectivity index is 1.47. The summed E-state index contributed by atoms with van der Waals surface area (Å²) in [5.41, 5.74) is 3.49. The van der Waals surface area contributed by atoms with Crippen LogP contribution in [-0.2, 0) is 9.59 Å². The summed E-state index contributed by atoms with van der Waals surface area (Å²) in [6.07, 6.45) is 4.67. The number of nitrogens with zero attached hydrogens (tertiary/aromatic N) is 1. The largest absolute Gasteiger partial charge is 0.355 e. The quantitative estimate of drug-likeness (QED) is 0.625. The number of hydrogen-bond donors (Lipinski definition) is 2. The Hall–Kier alpha value is -2.66. The second-order valence-corrected chi connectivity index (χ2v) is 8.03. The molecule has 1 saturated heterocycles. The van der Waals surface area contributed by atoms with E-state index < -0.39 is 0 Å². The topological polar surface area (TPSA) is 61.4 Å². The van der Waals surface area contributed by atoms with Gasteiger partial charge in [-0.05, 0) is 37.3 Å². The molecule has 5 heteroatoms. The smallest absolute Gasteiger partial charge is 0.233 e. The molecule has 1 aliphatic rings. The number of aryl methyl sites for hydroxylation is 1. The first-order valence-corrected chi connectivity index (χ1v) is 11.0. The maximum absolute atomic E-state index is 12.4. The minimum absolute atomic E-state index is 0.0229. The Morgan fingerprint density at radius 3 is 2.50 bits per heavy atom. The molecule has 0 saturated carbocycles. The van der Waals surface area contributed by atoms with Gasteiger partial charge in [0, 0.05) is 26.1 Å². The molecule has 30 heavy (non-hydrogen) atoms. The number of likely N-dealkylation sites (tertiary alicyclic amines) is 1. The van der Waals surface area contributed by atoms with Crippen LogP contribution in [-0.4, -0.2) is 42.9 Å². The van der Waals surface area contributed by atoms with Gasteiger partial charge in [0.2, 0.25) is 11.8 Å². The Bertz CT molecular complexity index is 805. The van der Waals surface area contributed by atoms with Crippen LogP contribution in [0.25, 0.3) is 0 Å². The van der Waals surface area contributed by atoms with E-state index in [0.717, 1.165) is 49.9 Å². The van der Waals surface area contributed by atoms with E-state index in [9.17, 15) is 9.59 Å². The normalized spacial score (nSPS) is 15.5. The number of carbonyl (C=O) groups excluding carboxylic acids is 2. The molecule has 0 radical (unpaired) electrons. The number of nitrogens with one attached hydrogen (secondary N) is 2. The van der Waals surface area contributed by atoms with Crippen molar-refractivity contribution < 1.29 is 9.59 Å². The van der Waals surface area contributed by atoms with E-state index in [2.05, 4.69) is 54.0 Å². The maximum Gasteiger partial charge on any atom is 0.233 e. The summed E-state index contributed by atoms with van der Waals surface area (Å²) in [6, 6.07) is 18.6. The summed E-state index contributed by atoms with van der Waals surface area (Å²) in [5.74, 6) is 0.231. The highest BCUT2D eigenvalue weighted by atomic mass is 16.2. The lowest BCUT2D eigenvalue weighted by Crippen LogP contribution is -2.38. The average molecular weight is 408 g/mol. The molecule has 0 aromatic heterocycles. The van der Waals surface area contributed by atoms with Gasteiger partial charge in [0.15, 0.2) is 0 Å². The third-order valence-electron chi connectivity index (χ3n) is 5.61. The first kappa shape index (κ1) is 22.0. The Labute approximate surface area is 179 Å². The van der Waals surface area contributed by atoms with Gasteiger partial charge in [0.1, 0.15) is 0 Å². The van der Waals surface area contributed by atoms with Crippen molar-refractivity contribution in [3.8, 4) is 0 Å². The van der Waals surface area contributed by atoms with Gasteiger partial charge < -0.3 is 10.2 Å². The first-order chi connectivity index (χ1) is 14.6. The van der Waals surface area contributed by atoms with Crippen molar-refractivity contribution in [2.24, 2.45) is 0 Å². The molecule has 2 amide bonds. The molecule has 1 heterocycles. The van der Waals surface area contributed by atoms with E-state index in [4.69, 9.17) is 0 Å². The van der Waals surface area contributed by atoms with Crippen molar-refractivity contribution in [3.05, 3.63) is 71.3 Å². The number of carbonyl (C=O) groups is 2. The summed E-state index contributed by atoms with van der Waals surface area (Å²) < 4.78 is 0. The summed E-state index contributed by atoms with van der Waals surface area (Å²) in [5, 5.41) is 6.38. The summed E-state index contributed by atoms with van der Waals surface area (Å²) >= 11 is 0. The molecular formula is C25H33N3O2. The average Bonchev–Trinajstić information content (AvgIpc) is 2.97. The molecule has 1 aliphatic heterocycles. The summed E-state index contributed by atoms with van der Waals surface area (Å²) in [4.78, 5) is 26.4. The second-order valence-electron chi connectivity index (χ2n) is 8.03. The minimum atomic E-state index is -0.0349. The number of benzene rings is 2. The molecule has 3 rings (SSSR count). The second kappa shape index (κ2) is 11.5. The van der Waals surface area contributed by atoms with Crippen LogP contribution < -0.4 is 10.6 Å². The van der Waals surface area contributed by atoms with Crippen molar-refractivity contribution in [1.29, 1.82) is 0 Å². The van der Waals surface area contributed by atoms with E-state index in [1.165, 1.54) is 5.56 Å². The lowest BCUT2D eigenvalue weighted by molar-refractivity contribution is -0.130. The van der Waals surface area contributed by atoms with Crippen LogP contribution in [0.4, 0.5) is 0 Å². The van der Waals surface area contributed by atoms with Gasteiger partial charge in [-0.1, -0.05) is 66.6 Å². The highest BCUT2D eigenvalue weighted by molar-refractivity contribution is 5.78. The molecule has 1 atom stereocenters. The standard InChI is InChI=1S/C25H33N3O2/c1-20-12-14-22(15-13-20)25(21-9-4-2-5-10-21)27-19-23(29)26-16-8-18-28-17-7-3-6-11-24(28)30/h2,4-5,9-10,12-15,25,27H,3,6-8,11,16-19H2,1H3,(H,26,29). The number of rotatable bonds is 9. The summed E-state index contributed by atoms with van der Waals surface area (Å²) in [7, 11) is 0. The van der Waals surface area contributed by atoms with Crippen molar-refractivity contribution in [1.82, 2.24) is 15.5 Å². The Morgan fingerprint density at radius 1 is 1.00 bits per heavy atom. The first-order valence-electron chi connectivity index (χ1n) is 11.0. The lowest BCUT2D eigenvalue weighted by Gasteiger charge is -2.21. The van der Waals surface area contributed by atoms with Gasteiger partial charge in [-0.3, -0.25) is 14.9 Å². The van der Waals surface area contributed by atoms with Crippen molar-refractivity contribution in [3.63, 3.8) is 0 Å². The molecule has 1 fully saturated rings. The molecule has 0 aliphatic carbocycles. The van der Waals surface area contributed by atoms with E-state index in [0.29, 0.717) is 13.0 Å². The van der Waals surface area contributed by atoms with E-state index in [1.54, 1.807) is 0 Å². The molecule has 2 aromatic carbocycles. The van der Waals surface area contributed by atoms with Gasteiger partial charge in [-0.15, -0.1) is 0 Å². The fourth-order valence-electron chi connectivity index (χ4n) is 3.86. The van der Waals surface area contributed by atoms with Gasteiger partial charge in [0.25, 0.3) is 0 Å². The van der Waals surface area contributed by atoms with Crippen molar-refractivity contribution >= 4 is 11.8 Å². The molecule has 1 unspecified atom stereocenters. The number of amides is 2. The molecular weight excluding hydrogens is 374 g/mol. The maximum atomic E-state index is 12.4. The van der Waals surface area contributed by atoms with Crippen molar-refractivity contribution in [2.45, 2.75) is 45.1 Å². The summed E-state index contributed by atoms with van der Waals surface area (Å²) in [6.45, 7) is 4.48. The van der Waals surface area contributed by atoms with E-state index in [-0.39, 0.29) is 24.4 Å². The molecule has 2 N–H and O–H groups in total. The highest BCUT2D eigenvalue weighted by Crippen LogP contribution is 2.22. The van der Waals surface area contributed by atoms with Gasteiger partial charge >= 0.3 is 0 Å². The van der Waals surface area contributed by atoms with Gasteiger partial charge in [-0.2, -0.15) is 0 Å². The number of hydrogen-bond acceptors (Lipinski definition) is 3. The zero-order chi connectivity index (χ0) is 21.2. The predicted molar refractivity (Wildman–Crippen MR) is 120 cm³/mol. The fraction of sp³-hybridized carbons (Fsp3) is 0.440. The SMILES string of the molecule is Cc1ccc(C(NCC(=O)NCCCN2CCCCCC2=O)c2ccccc2)cc1. The highest BCUT2D eigenvalue weighted by Gasteiger charge is 2.17. The molecule has 160 valence electrons. The van der Waals surface area contributed by atoms with Crippen LogP contribution in [0.1, 0.15) is 54.8 Å². The molecule has 0 spiro atoms. The zero-order valence-corrected chi connectivity index (χ0v) is 17.9. The van der Waals surface area contributed by atoms with E-state index >= 15 is 0 Å². The molecule has 2 aromatic rings.